The molecule has 9 nitrogen and oxygen atoms in total. The molecule has 0 radical (unpaired) electrons. The van der Waals surface area contributed by atoms with Crippen molar-refractivity contribution in [3.05, 3.63) is 23.3 Å². The third kappa shape index (κ3) is 5.20. The van der Waals surface area contributed by atoms with E-state index in [1.807, 2.05) is 0 Å². The van der Waals surface area contributed by atoms with E-state index >= 15 is 0 Å². The fourth-order valence-electron chi connectivity index (χ4n) is 4.48. The summed E-state index contributed by atoms with van der Waals surface area (Å²) in [5, 5.41) is 2.22. The van der Waals surface area contributed by atoms with Crippen molar-refractivity contribution >= 4 is 25.8 Å². The second-order valence-corrected chi connectivity index (χ2v) is 12.8. The first-order valence-corrected chi connectivity index (χ1v) is 14.1. The van der Waals surface area contributed by atoms with Gasteiger partial charge in [-0.05, 0) is 56.9 Å². The van der Waals surface area contributed by atoms with E-state index in [0.717, 1.165) is 0 Å². The second kappa shape index (κ2) is 9.56. The number of piperidine rings is 1. The summed E-state index contributed by atoms with van der Waals surface area (Å²) < 4.78 is 62.3. The molecule has 3 rings (SSSR count). The minimum atomic E-state index is -3.90. The van der Waals surface area contributed by atoms with Gasteiger partial charge < -0.3 is 19.7 Å². The zero-order valence-electron chi connectivity index (χ0n) is 19.0. The lowest BCUT2D eigenvalue weighted by atomic mass is 10.0. The molecule has 0 saturated carbocycles. The van der Waals surface area contributed by atoms with E-state index in [4.69, 9.17) is 9.47 Å². The van der Waals surface area contributed by atoms with Gasteiger partial charge >= 0.3 is 6.09 Å². The highest BCUT2D eigenvalue weighted by Gasteiger charge is 2.47. The monoisotopic (exact) mass is 488 g/mol. The van der Waals surface area contributed by atoms with Crippen molar-refractivity contribution in [1.29, 1.82) is 0 Å². The molecule has 0 unspecified atom stereocenters. The maximum atomic E-state index is 13.5. The highest BCUT2D eigenvalue weighted by atomic mass is 32.2. The number of hydrogen-bond donors (Lipinski definition) is 1. The van der Waals surface area contributed by atoms with E-state index in [9.17, 15) is 21.6 Å². The zero-order chi connectivity index (χ0) is 23.7. The van der Waals surface area contributed by atoms with Gasteiger partial charge in [0, 0.05) is 25.2 Å². The summed E-state index contributed by atoms with van der Waals surface area (Å²) in [5.74, 6) is -0.0361. The van der Waals surface area contributed by atoms with E-state index in [2.05, 4.69) is 5.32 Å². The number of nitrogens with zero attached hydrogens (tertiary/aromatic N) is 1. The molecule has 2 heterocycles. The number of nitrogens with one attached hydrogen (secondary N) is 1. The number of ether oxygens (including phenoxy) is 2. The lowest BCUT2D eigenvalue weighted by Crippen LogP contribution is -2.52. The topological polar surface area (TPSA) is 119 Å². The Kier molecular flexibility index (Phi) is 7.41. The maximum absolute atomic E-state index is 13.5. The van der Waals surface area contributed by atoms with Crippen molar-refractivity contribution in [1.82, 2.24) is 10.2 Å². The van der Waals surface area contributed by atoms with Gasteiger partial charge in [0.05, 0.1) is 35.4 Å². The lowest BCUT2D eigenvalue weighted by molar-refractivity contribution is 0.0945. The summed E-state index contributed by atoms with van der Waals surface area (Å²) in [6.45, 7) is 6.45. The van der Waals surface area contributed by atoms with Gasteiger partial charge in [-0.2, -0.15) is 0 Å². The van der Waals surface area contributed by atoms with Crippen LogP contribution in [0.3, 0.4) is 0 Å². The Morgan fingerprint density at radius 3 is 2.41 bits per heavy atom. The predicted molar refractivity (Wildman–Crippen MR) is 121 cm³/mol. The Morgan fingerprint density at radius 2 is 1.81 bits per heavy atom. The average Bonchev–Trinajstić information content (AvgIpc) is 3.04. The van der Waals surface area contributed by atoms with Crippen molar-refractivity contribution in [2.24, 2.45) is 0 Å². The summed E-state index contributed by atoms with van der Waals surface area (Å²) in [4.78, 5) is 13.7. The van der Waals surface area contributed by atoms with E-state index < -0.39 is 36.7 Å². The number of hydrogen-bond acceptors (Lipinski definition) is 8. The number of methoxy groups -OCH3 is 1. The summed E-state index contributed by atoms with van der Waals surface area (Å²) in [6, 6.07) is 2.45. The van der Waals surface area contributed by atoms with Crippen LogP contribution in [0.4, 0.5) is 4.79 Å². The van der Waals surface area contributed by atoms with E-state index in [0.29, 0.717) is 49.4 Å². The Morgan fingerprint density at radius 1 is 1.16 bits per heavy atom. The van der Waals surface area contributed by atoms with Gasteiger partial charge in [-0.15, -0.1) is 0 Å². The molecule has 0 aromatic heterocycles. The molecule has 2 aliphatic rings. The fraction of sp³-hybridized carbons (Fsp3) is 0.667. The smallest absolute Gasteiger partial charge is 0.409 e. The van der Waals surface area contributed by atoms with Crippen molar-refractivity contribution < 1.29 is 31.1 Å². The molecule has 0 spiro atoms. The summed E-state index contributed by atoms with van der Waals surface area (Å²) in [5.41, 5.74) is 1.20. The van der Waals surface area contributed by atoms with Gasteiger partial charge in [-0.3, -0.25) is 0 Å². The number of carbonyl (C=O) groups excluding carboxylic acids is 1. The lowest BCUT2D eigenvalue weighted by Gasteiger charge is -2.34. The summed E-state index contributed by atoms with van der Waals surface area (Å²) >= 11 is 0. The number of carbonyl (C=O) groups is 1. The van der Waals surface area contributed by atoms with Crippen molar-refractivity contribution in [2.45, 2.75) is 55.8 Å². The molecular formula is C21H32N2O7S2. The van der Waals surface area contributed by atoms with Crippen LogP contribution in [-0.4, -0.2) is 83.5 Å². The minimum absolute atomic E-state index is 0.0737. The maximum Gasteiger partial charge on any atom is 0.409 e. The molecule has 1 aromatic carbocycles. The average molecular weight is 489 g/mol. The minimum Gasteiger partial charge on any atom is -0.496 e. The molecule has 2 fully saturated rings. The third-order valence-corrected chi connectivity index (χ3v) is 10.5. The van der Waals surface area contributed by atoms with Crippen LogP contribution in [0.15, 0.2) is 17.0 Å². The predicted octanol–water partition coefficient (Wildman–Crippen LogP) is 1.46. The second-order valence-electron chi connectivity index (χ2n) is 8.48. The van der Waals surface area contributed by atoms with E-state index in [-0.39, 0.29) is 22.8 Å². The Hall–Kier alpha value is -1.85. The molecule has 2 atom stereocenters. The largest absolute Gasteiger partial charge is 0.496 e. The van der Waals surface area contributed by atoms with Crippen LogP contribution in [0.25, 0.3) is 0 Å². The van der Waals surface area contributed by atoms with Crippen molar-refractivity contribution in [3.63, 3.8) is 0 Å². The molecule has 32 heavy (non-hydrogen) atoms. The molecule has 2 saturated heterocycles. The Labute approximate surface area is 190 Å². The first-order chi connectivity index (χ1) is 15.0. The van der Waals surface area contributed by atoms with Gasteiger partial charge in [-0.25, -0.2) is 21.6 Å². The molecule has 180 valence electrons. The normalized spacial score (nSPS) is 23.8. The molecule has 1 amide bonds. The molecular weight excluding hydrogens is 456 g/mol. The fourth-order valence-corrected chi connectivity index (χ4v) is 9.46. The van der Waals surface area contributed by atoms with Crippen LogP contribution in [0, 0.1) is 13.8 Å². The van der Waals surface area contributed by atoms with E-state index in [1.54, 1.807) is 37.8 Å². The number of benzene rings is 1. The number of rotatable bonds is 6. The van der Waals surface area contributed by atoms with E-state index in [1.165, 1.54) is 7.11 Å². The molecule has 1 N–H and O–H groups in total. The van der Waals surface area contributed by atoms with Crippen LogP contribution in [0.1, 0.15) is 30.9 Å². The van der Waals surface area contributed by atoms with Crippen LogP contribution in [0.5, 0.6) is 5.75 Å². The van der Waals surface area contributed by atoms with Gasteiger partial charge in [0.2, 0.25) is 0 Å². The number of aryl methyl sites for hydroxylation is 2. The molecule has 0 bridgehead atoms. The van der Waals surface area contributed by atoms with Crippen molar-refractivity contribution in [3.8, 4) is 5.75 Å². The molecule has 0 aliphatic carbocycles. The zero-order valence-corrected chi connectivity index (χ0v) is 20.6. The first kappa shape index (κ1) is 24.8. The number of likely N-dealkylation sites (tertiary alicyclic amines) is 1. The van der Waals surface area contributed by atoms with Gasteiger partial charge in [-0.1, -0.05) is 0 Å². The summed E-state index contributed by atoms with van der Waals surface area (Å²) in [7, 11) is -5.89. The number of amides is 1. The number of sulfone groups is 2. The summed E-state index contributed by atoms with van der Waals surface area (Å²) in [6.07, 6.45) is 0.839. The van der Waals surface area contributed by atoms with Crippen LogP contribution >= 0.6 is 0 Å². The van der Waals surface area contributed by atoms with Gasteiger partial charge in [0.25, 0.3) is 0 Å². The highest BCUT2D eigenvalue weighted by Crippen LogP contribution is 2.32. The third-order valence-electron chi connectivity index (χ3n) is 6.17. The quantitative estimate of drug-likeness (QED) is 0.639. The van der Waals surface area contributed by atoms with Crippen molar-refractivity contribution in [2.75, 3.05) is 38.3 Å². The molecule has 11 heteroatoms. The standard InChI is InChI=1S/C21H32N2O7S2/c1-5-30-21(24)23-8-6-16(7-9-23)22-17-12-31(25,26)13-20(17)32(27,28)19-11-14(2)18(29-4)10-15(19)3/h10-11,16-17,20,22H,5-9,12-13H2,1-4H3/t17-,20-/m0/s1. The van der Waals surface area contributed by atoms with Crippen LogP contribution in [0.2, 0.25) is 0 Å². The highest BCUT2D eigenvalue weighted by molar-refractivity contribution is 7.96. The molecule has 2 aliphatic heterocycles. The Bertz CT molecular complexity index is 1060. The Balaban J connectivity index is 1.79. The van der Waals surface area contributed by atoms with Crippen LogP contribution < -0.4 is 10.1 Å². The van der Waals surface area contributed by atoms with Crippen LogP contribution in [-0.2, 0) is 24.4 Å². The SMILES string of the molecule is CCOC(=O)N1CCC(N[C@H]2CS(=O)(=O)C[C@@H]2S(=O)(=O)c2cc(C)c(OC)cc2C)CC1. The van der Waals surface area contributed by atoms with Gasteiger partial charge in [0.15, 0.2) is 19.7 Å². The first-order valence-electron chi connectivity index (χ1n) is 10.8. The van der Waals surface area contributed by atoms with Gasteiger partial charge in [0.1, 0.15) is 5.75 Å². The molecule has 1 aromatic rings.